The lowest BCUT2D eigenvalue weighted by Crippen LogP contribution is -2.30. The summed E-state index contributed by atoms with van der Waals surface area (Å²) in [6.07, 6.45) is 1.55. The lowest BCUT2D eigenvalue weighted by atomic mass is 9.96. The second-order valence-corrected chi connectivity index (χ2v) is 7.99. The Labute approximate surface area is 187 Å². The molecule has 1 amide bonds. The Bertz CT molecular complexity index is 1330. The van der Waals surface area contributed by atoms with Crippen LogP contribution >= 0.6 is 0 Å². The molecule has 1 aromatic heterocycles. The molecule has 0 radical (unpaired) electrons. The molecule has 33 heavy (non-hydrogen) atoms. The Morgan fingerprint density at radius 1 is 1.09 bits per heavy atom. The molecule has 0 spiro atoms. The van der Waals surface area contributed by atoms with Crippen molar-refractivity contribution in [2.75, 3.05) is 11.5 Å². The third-order valence-electron chi connectivity index (χ3n) is 5.82. The molecule has 2 aromatic carbocycles. The Morgan fingerprint density at radius 3 is 2.67 bits per heavy atom. The molecule has 0 aliphatic carbocycles. The summed E-state index contributed by atoms with van der Waals surface area (Å²) in [4.78, 5) is 26.9. The number of carbonyl (C=O) groups is 2. The number of aliphatic hydroxyl groups is 1. The molecule has 5 rings (SSSR count). The van der Waals surface area contributed by atoms with Gasteiger partial charge in [-0.1, -0.05) is 0 Å². The summed E-state index contributed by atoms with van der Waals surface area (Å²) in [6, 6.07) is 9.47. The van der Waals surface area contributed by atoms with Gasteiger partial charge in [-0.3, -0.25) is 14.5 Å². The van der Waals surface area contributed by atoms with Gasteiger partial charge < -0.3 is 14.3 Å². The molecule has 168 valence electrons. The molecule has 0 bridgehead atoms. The fourth-order valence-corrected chi connectivity index (χ4v) is 4.28. The van der Waals surface area contributed by atoms with Crippen LogP contribution in [0.1, 0.15) is 35.1 Å². The minimum atomic E-state index is -1.28. The van der Waals surface area contributed by atoms with Crippen LogP contribution < -0.4 is 9.64 Å². The number of ketones is 1. The molecule has 3 heterocycles. The minimum Gasteiger partial charge on any atom is -0.507 e. The van der Waals surface area contributed by atoms with Gasteiger partial charge in [0.05, 0.1) is 17.9 Å². The summed E-state index contributed by atoms with van der Waals surface area (Å²) < 4.78 is 39.9. The van der Waals surface area contributed by atoms with Crippen molar-refractivity contribution in [3.8, 4) is 5.75 Å². The Balaban J connectivity index is 1.71. The smallest absolute Gasteiger partial charge is 0.300 e. The van der Waals surface area contributed by atoms with Crippen molar-refractivity contribution in [2.45, 2.75) is 25.8 Å². The first-order valence-electron chi connectivity index (χ1n) is 10.4. The summed E-state index contributed by atoms with van der Waals surface area (Å²) in [5.74, 6) is -2.90. The molecule has 3 aromatic rings. The van der Waals surface area contributed by atoms with Gasteiger partial charge in [0.1, 0.15) is 40.7 Å². The van der Waals surface area contributed by atoms with Gasteiger partial charge in [-0.2, -0.15) is 0 Å². The fourth-order valence-electron chi connectivity index (χ4n) is 4.28. The van der Waals surface area contributed by atoms with Gasteiger partial charge in [0.25, 0.3) is 11.7 Å². The van der Waals surface area contributed by atoms with Crippen LogP contribution in [0.3, 0.4) is 0 Å². The monoisotopic (exact) mass is 451 g/mol. The summed E-state index contributed by atoms with van der Waals surface area (Å²) in [6.45, 7) is 2.27. The third-order valence-corrected chi connectivity index (χ3v) is 5.82. The molecule has 8 heteroatoms. The van der Waals surface area contributed by atoms with E-state index in [1.807, 2.05) is 0 Å². The molecule has 1 atom stereocenters. The van der Waals surface area contributed by atoms with Crippen molar-refractivity contribution >= 4 is 23.1 Å². The molecule has 6 nitrogen and oxygen atoms in total. The van der Waals surface area contributed by atoms with E-state index in [1.165, 1.54) is 6.07 Å². The van der Waals surface area contributed by atoms with Crippen molar-refractivity contribution in [2.24, 2.45) is 0 Å². The highest BCUT2D eigenvalue weighted by Crippen LogP contribution is 2.44. The maximum Gasteiger partial charge on any atom is 0.300 e. The highest BCUT2D eigenvalue weighted by atomic mass is 19.1. The van der Waals surface area contributed by atoms with Crippen molar-refractivity contribution in [3.05, 3.63) is 88.4 Å². The number of anilines is 1. The number of hydrogen-bond donors (Lipinski definition) is 1. The van der Waals surface area contributed by atoms with E-state index in [4.69, 9.17) is 9.15 Å². The highest BCUT2D eigenvalue weighted by Gasteiger charge is 2.49. The predicted molar refractivity (Wildman–Crippen MR) is 115 cm³/mol. The van der Waals surface area contributed by atoms with E-state index in [9.17, 15) is 23.5 Å². The average Bonchev–Trinajstić information content (AvgIpc) is 3.35. The molecular formula is C25H19F2NO5. The fraction of sp³-hybridized carbons (Fsp3) is 0.200. The first-order chi connectivity index (χ1) is 15.8. The van der Waals surface area contributed by atoms with Gasteiger partial charge in [-0.25, -0.2) is 8.78 Å². The number of amides is 1. The standard InChI is InChI=1S/C25H19F2NO5/c1-13-4-8-20(33-13)22-21(23(29)15-5-9-19-14(11-15)3-2-10-32-19)24(30)25(31)28(22)18-12-16(26)6-7-17(18)27/h4-9,11-12,22,29H,2-3,10H2,1H3/b23-21-. The number of rotatable bonds is 3. The Kier molecular flexibility index (Phi) is 5.00. The van der Waals surface area contributed by atoms with Crippen molar-refractivity contribution in [1.29, 1.82) is 0 Å². The zero-order valence-corrected chi connectivity index (χ0v) is 17.6. The number of ether oxygens (including phenoxy) is 1. The van der Waals surface area contributed by atoms with Gasteiger partial charge in [0, 0.05) is 11.6 Å². The summed E-state index contributed by atoms with van der Waals surface area (Å²) in [5, 5.41) is 11.2. The SMILES string of the molecule is Cc1ccc(C2/C(=C(/O)c3ccc4c(c3)CCCO4)C(=O)C(=O)N2c2cc(F)ccc2F)o1. The number of hydrogen-bond acceptors (Lipinski definition) is 5. The molecule has 2 aliphatic heterocycles. The topological polar surface area (TPSA) is 80.0 Å². The normalized spacial score (nSPS) is 19.5. The largest absolute Gasteiger partial charge is 0.507 e. The van der Waals surface area contributed by atoms with E-state index in [2.05, 4.69) is 0 Å². The maximum absolute atomic E-state index is 14.7. The lowest BCUT2D eigenvalue weighted by Gasteiger charge is -2.24. The molecule has 0 saturated carbocycles. The van der Waals surface area contributed by atoms with Gasteiger partial charge in [-0.05, 0) is 67.8 Å². The van der Waals surface area contributed by atoms with Crippen LogP contribution in [-0.4, -0.2) is 23.4 Å². The second-order valence-electron chi connectivity index (χ2n) is 7.99. The van der Waals surface area contributed by atoms with E-state index in [1.54, 1.807) is 31.2 Å². The molecule has 1 saturated heterocycles. The van der Waals surface area contributed by atoms with Crippen LogP contribution in [0.15, 0.2) is 58.5 Å². The van der Waals surface area contributed by atoms with Crippen LogP contribution in [0, 0.1) is 18.6 Å². The number of aliphatic hydroxyl groups excluding tert-OH is 1. The van der Waals surface area contributed by atoms with E-state index < -0.39 is 40.8 Å². The quantitative estimate of drug-likeness (QED) is 0.351. The van der Waals surface area contributed by atoms with Crippen molar-refractivity contribution in [3.63, 3.8) is 0 Å². The van der Waals surface area contributed by atoms with E-state index in [0.29, 0.717) is 23.7 Å². The zero-order valence-electron chi connectivity index (χ0n) is 17.6. The molecule has 1 N–H and O–H groups in total. The molecular weight excluding hydrogens is 432 g/mol. The van der Waals surface area contributed by atoms with Gasteiger partial charge in [0.15, 0.2) is 0 Å². The van der Waals surface area contributed by atoms with Gasteiger partial charge >= 0.3 is 0 Å². The number of halogens is 2. The molecule has 1 unspecified atom stereocenters. The Morgan fingerprint density at radius 2 is 1.91 bits per heavy atom. The number of benzene rings is 2. The number of nitrogens with zero attached hydrogens (tertiary/aromatic N) is 1. The molecule has 1 fully saturated rings. The van der Waals surface area contributed by atoms with Crippen LogP contribution in [0.4, 0.5) is 14.5 Å². The van der Waals surface area contributed by atoms with E-state index >= 15 is 0 Å². The van der Waals surface area contributed by atoms with Gasteiger partial charge in [0.2, 0.25) is 0 Å². The average molecular weight is 451 g/mol. The van der Waals surface area contributed by atoms with E-state index in [-0.39, 0.29) is 11.3 Å². The Hall–Kier alpha value is -3.94. The van der Waals surface area contributed by atoms with Crippen LogP contribution in [0.2, 0.25) is 0 Å². The number of fused-ring (bicyclic) bond motifs is 1. The van der Waals surface area contributed by atoms with Crippen LogP contribution in [0.5, 0.6) is 5.75 Å². The first-order valence-corrected chi connectivity index (χ1v) is 10.4. The number of furan rings is 1. The van der Waals surface area contributed by atoms with Crippen LogP contribution in [0.25, 0.3) is 5.76 Å². The summed E-state index contributed by atoms with van der Waals surface area (Å²) >= 11 is 0. The summed E-state index contributed by atoms with van der Waals surface area (Å²) in [5.41, 5.74) is 0.482. The van der Waals surface area contributed by atoms with Gasteiger partial charge in [-0.15, -0.1) is 0 Å². The number of carbonyl (C=O) groups excluding carboxylic acids is 2. The zero-order chi connectivity index (χ0) is 23.3. The van der Waals surface area contributed by atoms with E-state index in [0.717, 1.165) is 41.5 Å². The lowest BCUT2D eigenvalue weighted by molar-refractivity contribution is -0.132. The predicted octanol–water partition coefficient (Wildman–Crippen LogP) is 4.82. The second kappa shape index (κ2) is 7.88. The minimum absolute atomic E-state index is 0.137. The molecule has 2 aliphatic rings. The number of Topliss-reactive ketones (excluding diaryl/α,β-unsaturated/α-hetero) is 1. The number of aryl methyl sites for hydroxylation is 2. The highest BCUT2D eigenvalue weighted by molar-refractivity contribution is 6.51. The van der Waals surface area contributed by atoms with Crippen molar-refractivity contribution in [1.82, 2.24) is 0 Å². The maximum atomic E-state index is 14.7. The van der Waals surface area contributed by atoms with Crippen LogP contribution in [-0.2, 0) is 16.0 Å². The third kappa shape index (κ3) is 3.47. The first kappa shape index (κ1) is 20.9. The van der Waals surface area contributed by atoms with Crippen molar-refractivity contribution < 1.29 is 32.6 Å². The summed E-state index contributed by atoms with van der Waals surface area (Å²) in [7, 11) is 0.